The van der Waals surface area contributed by atoms with Gasteiger partial charge in [-0.1, -0.05) is 12.1 Å². The van der Waals surface area contributed by atoms with E-state index in [1.165, 1.54) is 30.4 Å². The van der Waals surface area contributed by atoms with E-state index in [-0.39, 0.29) is 5.54 Å². The molecule has 0 aromatic heterocycles. The van der Waals surface area contributed by atoms with Crippen molar-refractivity contribution in [3.05, 3.63) is 29.3 Å². The van der Waals surface area contributed by atoms with Crippen LogP contribution in [0.2, 0.25) is 0 Å². The highest BCUT2D eigenvalue weighted by atomic mass is 16.5. The number of rotatable bonds is 5. The molecule has 0 spiro atoms. The van der Waals surface area contributed by atoms with Crippen LogP contribution in [0.5, 0.6) is 5.75 Å². The van der Waals surface area contributed by atoms with Crippen LogP contribution in [0.25, 0.3) is 0 Å². The summed E-state index contributed by atoms with van der Waals surface area (Å²) in [6.07, 6.45) is 5.92. The Bertz CT molecular complexity index is 369. The van der Waals surface area contributed by atoms with Crippen molar-refractivity contribution in [2.75, 3.05) is 7.11 Å². The molecule has 2 nitrogen and oxygen atoms in total. The molecule has 88 valence electrons. The molecular formula is C14H21NO. The summed E-state index contributed by atoms with van der Waals surface area (Å²) in [6.45, 7) is 2.09. The normalized spacial score (nSPS) is 17.2. The molecule has 0 saturated heterocycles. The Morgan fingerprint density at radius 3 is 2.69 bits per heavy atom. The fourth-order valence-corrected chi connectivity index (χ4v) is 2.15. The van der Waals surface area contributed by atoms with Gasteiger partial charge in [0.25, 0.3) is 0 Å². The maximum atomic E-state index is 6.07. The minimum absolute atomic E-state index is 0.196. The van der Waals surface area contributed by atoms with Gasteiger partial charge in [-0.2, -0.15) is 0 Å². The molecule has 1 aromatic rings. The molecule has 1 saturated carbocycles. The number of hydrogen-bond acceptors (Lipinski definition) is 2. The third kappa shape index (κ3) is 2.76. The van der Waals surface area contributed by atoms with Gasteiger partial charge in [0.2, 0.25) is 0 Å². The Hall–Kier alpha value is -1.02. The average molecular weight is 219 g/mol. The van der Waals surface area contributed by atoms with Crippen LogP contribution < -0.4 is 10.5 Å². The van der Waals surface area contributed by atoms with E-state index in [2.05, 4.69) is 25.1 Å². The maximum absolute atomic E-state index is 6.07. The van der Waals surface area contributed by atoms with Gasteiger partial charge in [-0.05, 0) is 56.2 Å². The summed E-state index contributed by atoms with van der Waals surface area (Å²) >= 11 is 0. The lowest BCUT2D eigenvalue weighted by Gasteiger charge is -2.09. The van der Waals surface area contributed by atoms with Gasteiger partial charge in [-0.3, -0.25) is 0 Å². The Balaban J connectivity index is 1.87. The molecule has 0 aliphatic heterocycles. The van der Waals surface area contributed by atoms with E-state index in [1.54, 1.807) is 7.11 Å². The van der Waals surface area contributed by atoms with Gasteiger partial charge in [0.15, 0.2) is 0 Å². The lowest BCUT2D eigenvalue weighted by Crippen LogP contribution is -2.21. The smallest absolute Gasteiger partial charge is 0.121 e. The molecule has 16 heavy (non-hydrogen) atoms. The molecule has 2 rings (SSSR count). The highest BCUT2D eigenvalue weighted by Crippen LogP contribution is 2.36. The first-order chi connectivity index (χ1) is 7.63. The van der Waals surface area contributed by atoms with Crippen LogP contribution in [0.3, 0.4) is 0 Å². The first kappa shape index (κ1) is 11.5. The first-order valence-electron chi connectivity index (χ1n) is 6.05. The van der Waals surface area contributed by atoms with Crippen molar-refractivity contribution in [2.45, 2.75) is 44.6 Å². The summed E-state index contributed by atoms with van der Waals surface area (Å²) in [4.78, 5) is 0. The molecule has 0 radical (unpaired) electrons. The summed E-state index contributed by atoms with van der Waals surface area (Å²) in [5, 5.41) is 0. The van der Waals surface area contributed by atoms with Gasteiger partial charge in [0.1, 0.15) is 5.75 Å². The summed E-state index contributed by atoms with van der Waals surface area (Å²) in [5.74, 6) is 0.973. The number of methoxy groups -OCH3 is 1. The van der Waals surface area contributed by atoms with E-state index in [0.717, 1.165) is 18.6 Å². The predicted molar refractivity (Wildman–Crippen MR) is 66.8 cm³/mol. The zero-order valence-corrected chi connectivity index (χ0v) is 10.3. The monoisotopic (exact) mass is 219 g/mol. The van der Waals surface area contributed by atoms with E-state index >= 15 is 0 Å². The van der Waals surface area contributed by atoms with Crippen molar-refractivity contribution in [2.24, 2.45) is 5.73 Å². The highest BCUT2D eigenvalue weighted by molar-refractivity contribution is 5.36. The quantitative estimate of drug-likeness (QED) is 0.826. The second kappa shape index (κ2) is 4.46. The molecule has 1 aromatic carbocycles. The van der Waals surface area contributed by atoms with E-state index in [0.29, 0.717) is 0 Å². The molecule has 0 amide bonds. The van der Waals surface area contributed by atoms with Gasteiger partial charge in [0, 0.05) is 5.54 Å². The van der Waals surface area contributed by atoms with Crippen LogP contribution >= 0.6 is 0 Å². The largest absolute Gasteiger partial charge is 0.496 e. The summed E-state index contributed by atoms with van der Waals surface area (Å²) in [7, 11) is 1.72. The molecule has 1 aliphatic rings. The van der Waals surface area contributed by atoms with Gasteiger partial charge in [0.05, 0.1) is 7.11 Å². The number of ether oxygens (including phenoxy) is 1. The first-order valence-corrected chi connectivity index (χ1v) is 6.05. The van der Waals surface area contributed by atoms with Gasteiger partial charge >= 0.3 is 0 Å². The van der Waals surface area contributed by atoms with Crippen LogP contribution in [-0.2, 0) is 6.42 Å². The Morgan fingerprint density at radius 1 is 1.38 bits per heavy atom. The van der Waals surface area contributed by atoms with Crippen LogP contribution in [0.4, 0.5) is 0 Å². The van der Waals surface area contributed by atoms with Crippen molar-refractivity contribution >= 4 is 0 Å². The molecule has 0 bridgehead atoms. The van der Waals surface area contributed by atoms with Gasteiger partial charge in [-0.15, -0.1) is 0 Å². The van der Waals surface area contributed by atoms with E-state index < -0.39 is 0 Å². The lowest BCUT2D eigenvalue weighted by molar-refractivity contribution is 0.411. The third-order valence-electron chi connectivity index (χ3n) is 3.49. The van der Waals surface area contributed by atoms with Gasteiger partial charge < -0.3 is 10.5 Å². The number of nitrogens with two attached hydrogens (primary N) is 1. The second-order valence-electron chi connectivity index (χ2n) is 5.02. The Labute approximate surface area is 97.8 Å². The molecule has 2 heteroatoms. The topological polar surface area (TPSA) is 35.2 Å². The van der Waals surface area contributed by atoms with Crippen LogP contribution in [0.15, 0.2) is 18.2 Å². The fourth-order valence-electron chi connectivity index (χ4n) is 2.15. The minimum atomic E-state index is 0.196. The molecule has 1 aliphatic carbocycles. The van der Waals surface area contributed by atoms with Crippen LogP contribution in [0.1, 0.15) is 36.8 Å². The standard InChI is InChI=1S/C14H21NO/c1-11-10-12(5-6-13(11)16-2)4-3-7-14(15)8-9-14/h5-6,10H,3-4,7-9,15H2,1-2H3. The summed E-state index contributed by atoms with van der Waals surface area (Å²) < 4.78 is 5.25. The summed E-state index contributed by atoms with van der Waals surface area (Å²) in [6, 6.07) is 6.43. The predicted octanol–water partition coefficient (Wildman–Crippen LogP) is 2.82. The lowest BCUT2D eigenvalue weighted by atomic mass is 10.0. The second-order valence-corrected chi connectivity index (χ2v) is 5.02. The Kier molecular flexibility index (Phi) is 3.20. The van der Waals surface area contributed by atoms with Crippen molar-refractivity contribution in [3.63, 3.8) is 0 Å². The zero-order valence-electron chi connectivity index (χ0n) is 10.3. The summed E-state index contributed by atoms with van der Waals surface area (Å²) in [5.41, 5.74) is 8.87. The Morgan fingerprint density at radius 2 is 2.12 bits per heavy atom. The van der Waals surface area contributed by atoms with Crippen LogP contribution in [0, 0.1) is 6.92 Å². The van der Waals surface area contributed by atoms with E-state index in [4.69, 9.17) is 10.5 Å². The fraction of sp³-hybridized carbons (Fsp3) is 0.571. The minimum Gasteiger partial charge on any atom is -0.496 e. The highest BCUT2D eigenvalue weighted by Gasteiger charge is 2.36. The SMILES string of the molecule is COc1ccc(CCCC2(N)CC2)cc1C. The number of benzene rings is 1. The van der Waals surface area contributed by atoms with E-state index in [1.807, 2.05) is 0 Å². The molecule has 2 N–H and O–H groups in total. The molecule has 1 fully saturated rings. The number of aryl methyl sites for hydroxylation is 2. The van der Waals surface area contributed by atoms with Crippen molar-refractivity contribution in [1.29, 1.82) is 0 Å². The third-order valence-corrected chi connectivity index (χ3v) is 3.49. The molecule has 0 atom stereocenters. The molecular weight excluding hydrogens is 198 g/mol. The van der Waals surface area contributed by atoms with Crippen molar-refractivity contribution < 1.29 is 4.74 Å². The average Bonchev–Trinajstić information content (AvgIpc) is 2.97. The van der Waals surface area contributed by atoms with Crippen molar-refractivity contribution in [3.8, 4) is 5.75 Å². The van der Waals surface area contributed by atoms with E-state index in [9.17, 15) is 0 Å². The van der Waals surface area contributed by atoms with Gasteiger partial charge in [-0.25, -0.2) is 0 Å². The molecule has 0 unspecified atom stereocenters. The maximum Gasteiger partial charge on any atom is 0.121 e. The zero-order chi connectivity index (χ0) is 11.6. The molecule has 0 heterocycles. The van der Waals surface area contributed by atoms with Crippen LogP contribution in [-0.4, -0.2) is 12.6 Å². The van der Waals surface area contributed by atoms with Crippen molar-refractivity contribution in [1.82, 2.24) is 0 Å². The number of hydrogen-bond donors (Lipinski definition) is 1.